The molecule has 0 bridgehead atoms. The molecule has 29 heavy (non-hydrogen) atoms. The zero-order chi connectivity index (χ0) is 20.4. The molecule has 1 amide bonds. The van der Waals surface area contributed by atoms with Crippen LogP contribution in [-0.4, -0.2) is 48.4 Å². The van der Waals surface area contributed by atoms with Crippen LogP contribution in [0.5, 0.6) is 0 Å². The highest BCUT2D eigenvalue weighted by Crippen LogP contribution is 2.38. The van der Waals surface area contributed by atoms with Crippen molar-refractivity contribution in [3.05, 3.63) is 45.4 Å². The lowest BCUT2D eigenvalue weighted by molar-refractivity contribution is -0.127. The zero-order valence-electron chi connectivity index (χ0n) is 17.4. The molecule has 1 unspecified atom stereocenters. The number of nitrogens with one attached hydrogen (secondary N) is 1. The Morgan fingerprint density at radius 3 is 2.86 bits per heavy atom. The molecule has 0 spiro atoms. The number of anilines is 1. The van der Waals surface area contributed by atoms with Gasteiger partial charge in [0.1, 0.15) is 5.01 Å². The first kappa shape index (κ1) is 19.9. The predicted molar refractivity (Wildman–Crippen MR) is 119 cm³/mol. The molecule has 4 rings (SSSR count). The number of hydrogen-bond acceptors (Lipinski definition) is 4. The minimum absolute atomic E-state index is 0.305. The van der Waals surface area contributed by atoms with Crippen molar-refractivity contribution in [2.75, 3.05) is 31.6 Å². The van der Waals surface area contributed by atoms with Crippen molar-refractivity contribution < 1.29 is 4.79 Å². The van der Waals surface area contributed by atoms with Crippen LogP contribution >= 0.6 is 11.3 Å². The van der Waals surface area contributed by atoms with Crippen molar-refractivity contribution in [1.82, 2.24) is 15.2 Å². The van der Waals surface area contributed by atoms with Gasteiger partial charge in [0.25, 0.3) is 0 Å². The Kier molecular flexibility index (Phi) is 5.85. The van der Waals surface area contributed by atoms with Gasteiger partial charge in [-0.2, -0.15) is 0 Å². The largest absolute Gasteiger partial charge is 0.349 e. The van der Waals surface area contributed by atoms with Crippen LogP contribution in [0.25, 0.3) is 0 Å². The number of likely N-dealkylation sites (tertiary alicyclic amines) is 1. The van der Waals surface area contributed by atoms with E-state index in [0.29, 0.717) is 24.8 Å². The van der Waals surface area contributed by atoms with Crippen LogP contribution in [0.3, 0.4) is 0 Å². The third kappa shape index (κ3) is 4.15. The van der Waals surface area contributed by atoms with Gasteiger partial charge in [-0.05, 0) is 38.3 Å². The van der Waals surface area contributed by atoms with E-state index in [-0.39, 0.29) is 0 Å². The monoisotopic (exact) mass is 411 g/mol. The smallest absolute Gasteiger partial charge is 0.222 e. The molecule has 2 aliphatic rings. The molecule has 0 aliphatic carbocycles. The molecular formula is C22H29N5OS. The molecule has 1 aromatic heterocycles. The highest BCUT2D eigenvalue weighted by Gasteiger charge is 2.32. The number of carbonyl (C=O) groups excluding carboxylic acids is 1. The topological polar surface area (TPSA) is 60.8 Å². The average molecular weight is 412 g/mol. The number of para-hydroxylation sites is 1. The summed E-state index contributed by atoms with van der Waals surface area (Å²) in [6.07, 6.45) is 2.69. The molecule has 154 valence electrons. The van der Waals surface area contributed by atoms with E-state index in [4.69, 9.17) is 0 Å². The highest BCUT2D eigenvalue weighted by molar-refractivity contribution is 7.11. The van der Waals surface area contributed by atoms with Crippen molar-refractivity contribution in [2.45, 2.75) is 45.6 Å². The first-order chi connectivity index (χ1) is 14.1. The van der Waals surface area contributed by atoms with Crippen LogP contribution in [0.1, 0.15) is 46.3 Å². The van der Waals surface area contributed by atoms with Gasteiger partial charge in [0.15, 0.2) is 5.96 Å². The first-order valence-electron chi connectivity index (χ1n) is 10.3. The summed E-state index contributed by atoms with van der Waals surface area (Å²) in [6.45, 7) is 7.48. The van der Waals surface area contributed by atoms with Gasteiger partial charge in [0.05, 0.1) is 12.2 Å². The van der Waals surface area contributed by atoms with E-state index in [2.05, 4.69) is 58.3 Å². The Hall–Kier alpha value is -2.41. The van der Waals surface area contributed by atoms with Gasteiger partial charge in [-0.1, -0.05) is 18.2 Å². The molecule has 1 fully saturated rings. The summed E-state index contributed by atoms with van der Waals surface area (Å²) >= 11 is 1.73. The van der Waals surface area contributed by atoms with E-state index < -0.39 is 0 Å². The van der Waals surface area contributed by atoms with E-state index in [1.165, 1.54) is 16.1 Å². The molecule has 1 N–H and O–H groups in total. The second-order valence-corrected chi connectivity index (χ2v) is 9.08. The Bertz CT molecular complexity index is 902. The van der Waals surface area contributed by atoms with Gasteiger partial charge in [0, 0.05) is 49.6 Å². The molecule has 0 saturated carbocycles. The third-order valence-corrected chi connectivity index (χ3v) is 7.00. The number of aromatic nitrogens is 1. The third-order valence-electron chi connectivity index (χ3n) is 5.93. The van der Waals surface area contributed by atoms with Gasteiger partial charge in [-0.25, -0.2) is 4.98 Å². The van der Waals surface area contributed by atoms with E-state index >= 15 is 0 Å². The molecule has 0 radical (unpaired) electrons. The minimum Gasteiger partial charge on any atom is -0.349 e. The number of carbonyl (C=O) groups is 1. The minimum atomic E-state index is 0.305. The number of nitrogens with zero attached hydrogens (tertiary/aromatic N) is 4. The van der Waals surface area contributed by atoms with Gasteiger partial charge in [-0.3, -0.25) is 9.79 Å². The van der Waals surface area contributed by atoms with Crippen molar-refractivity contribution in [1.29, 1.82) is 0 Å². The summed E-state index contributed by atoms with van der Waals surface area (Å²) in [6, 6.07) is 8.57. The Morgan fingerprint density at radius 2 is 2.17 bits per heavy atom. The lowest BCUT2D eigenvalue weighted by atomic mass is 9.98. The maximum absolute atomic E-state index is 12.0. The van der Waals surface area contributed by atoms with Crippen molar-refractivity contribution in [3.63, 3.8) is 0 Å². The number of amides is 1. The number of rotatable bonds is 5. The number of aliphatic imine (C=N–C) groups is 1. The molecule has 1 aromatic carbocycles. The van der Waals surface area contributed by atoms with Crippen molar-refractivity contribution >= 4 is 28.9 Å². The SMILES string of the molecule is CN=C(NCc1nc(C)c(C)s1)N1CC(CCN2CCCC2=O)c2ccccc21. The molecule has 1 atom stereocenters. The number of hydrogen-bond donors (Lipinski definition) is 1. The van der Waals surface area contributed by atoms with Crippen LogP contribution in [-0.2, 0) is 11.3 Å². The molecule has 2 aliphatic heterocycles. The standard InChI is InChI=1S/C22H29N5OS/c1-15-16(2)29-20(25-15)13-24-22(23-3)27-14-17(18-7-4-5-8-19(18)27)10-12-26-11-6-9-21(26)28/h4-5,7-8,17H,6,9-14H2,1-3H3,(H,23,24). The number of fused-ring (bicyclic) bond motifs is 1. The Balaban J connectivity index is 1.45. The van der Waals surface area contributed by atoms with E-state index in [1.54, 1.807) is 11.3 Å². The fraction of sp³-hybridized carbons (Fsp3) is 0.500. The number of aryl methyl sites for hydroxylation is 2. The average Bonchev–Trinajstić information content (AvgIpc) is 3.39. The summed E-state index contributed by atoms with van der Waals surface area (Å²) in [7, 11) is 1.83. The molecule has 2 aromatic rings. The second-order valence-electron chi connectivity index (χ2n) is 7.79. The maximum atomic E-state index is 12.0. The number of benzene rings is 1. The van der Waals surface area contributed by atoms with E-state index in [1.807, 2.05) is 11.9 Å². The van der Waals surface area contributed by atoms with E-state index in [0.717, 1.165) is 49.1 Å². The fourth-order valence-corrected chi connectivity index (χ4v) is 5.13. The number of thiazole rings is 1. The van der Waals surface area contributed by atoms with Crippen LogP contribution in [0, 0.1) is 13.8 Å². The normalized spacial score (nSPS) is 19.2. The Morgan fingerprint density at radius 1 is 1.34 bits per heavy atom. The summed E-state index contributed by atoms with van der Waals surface area (Å²) in [5.74, 6) is 1.59. The summed E-state index contributed by atoms with van der Waals surface area (Å²) in [5, 5.41) is 4.57. The van der Waals surface area contributed by atoms with Gasteiger partial charge in [0.2, 0.25) is 5.91 Å². The van der Waals surface area contributed by atoms with Gasteiger partial charge in [-0.15, -0.1) is 11.3 Å². The second kappa shape index (κ2) is 8.53. The molecule has 6 nitrogen and oxygen atoms in total. The summed E-state index contributed by atoms with van der Waals surface area (Å²) in [5.41, 5.74) is 3.66. The molecule has 3 heterocycles. The van der Waals surface area contributed by atoms with Crippen molar-refractivity contribution in [2.24, 2.45) is 4.99 Å². The Labute approximate surface area is 176 Å². The van der Waals surface area contributed by atoms with Crippen LogP contribution in [0.15, 0.2) is 29.3 Å². The van der Waals surface area contributed by atoms with Crippen LogP contribution in [0.4, 0.5) is 5.69 Å². The van der Waals surface area contributed by atoms with Crippen LogP contribution < -0.4 is 10.2 Å². The zero-order valence-corrected chi connectivity index (χ0v) is 18.3. The van der Waals surface area contributed by atoms with Crippen molar-refractivity contribution in [3.8, 4) is 0 Å². The van der Waals surface area contributed by atoms with Crippen LogP contribution in [0.2, 0.25) is 0 Å². The summed E-state index contributed by atoms with van der Waals surface area (Å²) < 4.78 is 0. The predicted octanol–water partition coefficient (Wildman–Crippen LogP) is 3.45. The number of guanidine groups is 1. The molecular weight excluding hydrogens is 382 g/mol. The first-order valence-corrected chi connectivity index (χ1v) is 11.2. The van der Waals surface area contributed by atoms with E-state index in [9.17, 15) is 4.79 Å². The fourth-order valence-electron chi connectivity index (χ4n) is 4.26. The molecule has 1 saturated heterocycles. The quantitative estimate of drug-likeness (QED) is 0.605. The van der Waals surface area contributed by atoms with Gasteiger partial charge < -0.3 is 15.1 Å². The van der Waals surface area contributed by atoms with Gasteiger partial charge >= 0.3 is 0 Å². The molecule has 7 heteroatoms. The highest BCUT2D eigenvalue weighted by atomic mass is 32.1. The summed E-state index contributed by atoms with van der Waals surface area (Å²) in [4.78, 5) is 26.7. The maximum Gasteiger partial charge on any atom is 0.222 e. The lowest BCUT2D eigenvalue weighted by Gasteiger charge is -2.23. The lowest BCUT2D eigenvalue weighted by Crippen LogP contribution is -2.40.